The fourth-order valence-electron chi connectivity index (χ4n) is 2.20. The van der Waals surface area contributed by atoms with Crippen LogP contribution in [0, 0.1) is 20.2 Å². The van der Waals surface area contributed by atoms with Crippen molar-refractivity contribution in [3.63, 3.8) is 0 Å². The van der Waals surface area contributed by atoms with E-state index >= 15 is 0 Å². The van der Waals surface area contributed by atoms with Crippen LogP contribution in [0.1, 0.15) is 5.56 Å². The van der Waals surface area contributed by atoms with Gasteiger partial charge in [0.05, 0.1) is 22.1 Å². The van der Waals surface area contributed by atoms with Crippen molar-refractivity contribution in [3.8, 4) is 11.5 Å². The van der Waals surface area contributed by atoms with Crippen LogP contribution in [0.5, 0.6) is 11.5 Å². The Morgan fingerprint density at radius 3 is 2.43 bits per heavy atom. The molecule has 28 heavy (non-hydrogen) atoms. The minimum absolute atomic E-state index is 0.0890. The third-order valence-electron chi connectivity index (χ3n) is 3.52. The van der Waals surface area contributed by atoms with Gasteiger partial charge < -0.3 is 4.74 Å². The van der Waals surface area contributed by atoms with E-state index in [1.165, 1.54) is 6.07 Å². The van der Waals surface area contributed by atoms with E-state index in [0.717, 1.165) is 17.7 Å². The van der Waals surface area contributed by atoms with Crippen LogP contribution in [-0.2, 0) is 0 Å². The molecule has 3 rings (SSSR count). The number of rotatable bonds is 7. The molecule has 1 aromatic heterocycles. The predicted octanol–water partition coefficient (Wildman–Crippen LogP) is 4.14. The highest BCUT2D eigenvalue weighted by Gasteiger charge is 2.21. The molecule has 140 valence electrons. The van der Waals surface area contributed by atoms with Gasteiger partial charge in [-0.2, -0.15) is 5.10 Å². The van der Waals surface area contributed by atoms with Crippen LogP contribution in [0.2, 0.25) is 0 Å². The van der Waals surface area contributed by atoms with Gasteiger partial charge in [-0.15, -0.1) is 0 Å². The molecule has 1 N–H and O–H groups in total. The normalized spacial score (nSPS) is 10.6. The zero-order valence-electron chi connectivity index (χ0n) is 14.3. The first-order valence-electron chi connectivity index (χ1n) is 7.94. The van der Waals surface area contributed by atoms with E-state index in [4.69, 9.17) is 4.74 Å². The fraction of sp³-hybridized carbons (Fsp3) is 0. The number of anilines is 1. The molecule has 10 heteroatoms. The van der Waals surface area contributed by atoms with Crippen molar-refractivity contribution in [2.24, 2.45) is 5.10 Å². The molecular formula is C18H13N5O5. The summed E-state index contributed by atoms with van der Waals surface area (Å²) >= 11 is 0. The Bertz CT molecular complexity index is 1020. The molecule has 0 radical (unpaired) electrons. The quantitative estimate of drug-likeness (QED) is 0.370. The van der Waals surface area contributed by atoms with E-state index in [9.17, 15) is 20.2 Å². The maximum atomic E-state index is 11.1. The van der Waals surface area contributed by atoms with Gasteiger partial charge >= 0.3 is 5.69 Å². The van der Waals surface area contributed by atoms with Crippen LogP contribution in [0.4, 0.5) is 17.2 Å². The van der Waals surface area contributed by atoms with Crippen molar-refractivity contribution in [1.29, 1.82) is 0 Å². The summed E-state index contributed by atoms with van der Waals surface area (Å²) in [4.78, 5) is 24.6. The summed E-state index contributed by atoms with van der Waals surface area (Å²) in [5.74, 6) is 0.852. The third kappa shape index (κ3) is 4.64. The lowest BCUT2D eigenvalue weighted by Crippen LogP contribution is -1.96. The Morgan fingerprint density at radius 1 is 1.00 bits per heavy atom. The molecule has 0 saturated heterocycles. The molecule has 0 aliphatic heterocycles. The molecule has 0 spiro atoms. The Labute approximate surface area is 158 Å². The SMILES string of the molecule is O=[N+]([O-])c1ccc(Oc2ccc(C=NNc3ccccn3)cc2)c([N+](=O)[O-])c1. The van der Waals surface area contributed by atoms with Crippen LogP contribution in [0.3, 0.4) is 0 Å². The van der Waals surface area contributed by atoms with Gasteiger partial charge in [0.1, 0.15) is 11.6 Å². The molecule has 0 atom stereocenters. The maximum Gasteiger partial charge on any atom is 0.318 e. The minimum atomic E-state index is -0.730. The van der Waals surface area contributed by atoms with Crippen molar-refractivity contribution >= 4 is 23.4 Å². The second kappa shape index (κ2) is 8.36. The Hall–Kier alpha value is -4.34. The second-order valence-electron chi connectivity index (χ2n) is 5.42. The average Bonchev–Trinajstić information content (AvgIpc) is 2.70. The van der Waals surface area contributed by atoms with Crippen molar-refractivity contribution in [3.05, 3.63) is 92.7 Å². The van der Waals surface area contributed by atoms with E-state index in [0.29, 0.717) is 11.6 Å². The van der Waals surface area contributed by atoms with Crippen LogP contribution >= 0.6 is 0 Å². The predicted molar refractivity (Wildman–Crippen MR) is 102 cm³/mol. The van der Waals surface area contributed by atoms with Crippen molar-refractivity contribution < 1.29 is 14.6 Å². The Morgan fingerprint density at radius 2 is 1.79 bits per heavy atom. The summed E-state index contributed by atoms with van der Waals surface area (Å²) in [6.45, 7) is 0. The molecule has 2 aromatic carbocycles. The van der Waals surface area contributed by atoms with Gasteiger partial charge in [-0.3, -0.25) is 25.7 Å². The van der Waals surface area contributed by atoms with Crippen molar-refractivity contribution in [2.45, 2.75) is 0 Å². The average molecular weight is 379 g/mol. The Kier molecular flexibility index (Phi) is 5.51. The molecule has 0 fully saturated rings. The topological polar surface area (TPSA) is 133 Å². The lowest BCUT2D eigenvalue weighted by Gasteiger charge is -2.06. The van der Waals surface area contributed by atoms with Crippen LogP contribution in [0.15, 0.2) is 72.0 Å². The minimum Gasteiger partial charge on any atom is -0.450 e. The van der Waals surface area contributed by atoms with Crippen molar-refractivity contribution in [2.75, 3.05) is 5.43 Å². The van der Waals surface area contributed by atoms with Gasteiger partial charge in [-0.25, -0.2) is 4.98 Å². The van der Waals surface area contributed by atoms with Crippen LogP contribution in [-0.4, -0.2) is 21.0 Å². The molecular weight excluding hydrogens is 366 g/mol. The van der Waals surface area contributed by atoms with E-state index in [-0.39, 0.29) is 11.4 Å². The number of hydrazone groups is 1. The van der Waals surface area contributed by atoms with E-state index in [2.05, 4.69) is 15.5 Å². The Balaban J connectivity index is 1.70. The number of nitro benzene ring substituents is 2. The largest absolute Gasteiger partial charge is 0.450 e. The first kappa shape index (κ1) is 18.5. The summed E-state index contributed by atoms with van der Waals surface area (Å²) in [7, 11) is 0. The maximum absolute atomic E-state index is 11.1. The molecule has 1 heterocycles. The van der Waals surface area contributed by atoms with E-state index in [1.54, 1.807) is 48.8 Å². The van der Waals surface area contributed by atoms with Gasteiger partial charge in [0, 0.05) is 12.3 Å². The monoisotopic (exact) mass is 379 g/mol. The highest BCUT2D eigenvalue weighted by Crippen LogP contribution is 2.34. The number of non-ortho nitro benzene ring substituents is 1. The zero-order chi connectivity index (χ0) is 19.9. The third-order valence-corrected chi connectivity index (χ3v) is 3.52. The molecule has 0 unspecified atom stereocenters. The summed E-state index contributed by atoms with van der Waals surface area (Å²) in [6.07, 6.45) is 3.22. The van der Waals surface area contributed by atoms with Crippen molar-refractivity contribution in [1.82, 2.24) is 4.98 Å². The summed E-state index contributed by atoms with van der Waals surface area (Å²) in [5, 5.41) is 26.0. The molecule has 10 nitrogen and oxygen atoms in total. The number of hydrogen-bond acceptors (Lipinski definition) is 8. The molecule has 0 amide bonds. The number of nitro groups is 2. The molecule has 0 saturated carbocycles. The first-order chi connectivity index (χ1) is 13.5. The summed E-state index contributed by atoms with van der Waals surface area (Å²) < 4.78 is 5.50. The number of nitrogens with zero attached hydrogens (tertiary/aromatic N) is 4. The molecule has 0 bridgehead atoms. The second-order valence-corrected chi connectivity index (χ2v) is 5.42. The van der Waals surface area contributed by atoms with Gasteiger partial charge in [0.25, 0.3) is 5.69 Å². The number of aromatic nitrogens is 1. The molecule has 0 aliphatic rings. The fourth-order valence-corrected chi connectivity index (χ4v) is 2.20. The lowest BCUT2D eigenvalue weighted by molar-refractivity contribution is -0.394. The lowest BCUT2D eigenvalue weighted by atomic mass is 10.2. The van der Waals surface area contributed by atoms with Gasteiger partial charge in [-0.1, -0.05) is 6.07 Å². The summed E-state index contributed by atoms with van der Waals surface area (Å²) in [5.41, 5.74) is 2.67. The highest BCUT2D eigenvalue weighted by molar-refractivity contribution is 5.80. The number of benzene rings is 2. The van der Waals surface area contributed by atoms with E-state index < -0.39 is 15.5 Å². The van der Waals surface area contributed by atoms with Crippen LogP contribution in [0.25, 0.3) is 0 Å². The van der Waals surface area contributed by atoms with Gasteiger partial charge in [0.2, 0.25) is 5.75 Å². The number of pyridine rings is 1. The number of ether oxygens (including phenoxy) is 1. The van der Waals surface area contributed by atoms with E-state index in [1.807, 2.05) is 6.07 Å². The highest BCUT2D eigenvalue weighted by atomic mass is 16.6. The van der Waals surface area contributed by atoms with Gasteiger partial charge in [0.15, 0.2) is 0 Å². The molecule has 3 aromatic rings. The van der Waals surface area contributed by atoms with Gasteiger partial charge in [-0.05, 0) is 48.0 Å². The zero-order valence-corrected chi connectivity index (χ0v) is 14.3. The first-order valence-corrected chi connectivity index (χ1v) is 7.94. The standard InChI is InChI=1S/C18H13N5O5/c24-22(25)14-6-9-17(16(11-14)23(26)27)28-15-7-4-13(5-8-15)12-20-21-18-3-1-2-10-19-18/h1-12H,(H,19,21). The van der Waals surface area contributed by atoms with Crippen LogP contribution < -0.4 is 10.2 Å². The number of nitrogens with one attached hydrogen (secondary N) is 1. The smallest absolute Gasteiger partial charge is 0.318 e. The molecule has 0 aliphatic carbocycles. The summed E-state index contributed by atoms with van der Waals surface area (Å²) in [6, 6.07) is 15.2. The number of hydrogen-bond donors (Lipinski definition) is 1.